The zero-order valence-corrected chi connectivity index (χ0v) is 37.7. The van der Waals surface area contributed by atoms with Crippen LogP contribution in [0.3, 0.4) is 0 Å². The van der Waals surface area contributed by atoms with E-state index in [4.69, 9.17) is 0 Å². The molecule has 0 fully saturated rings. The fraction of sp³-hybridized carbons (Fsp3) is 0.109. The van der Waals surface area contributed by atoms with E-state index in [-0.39, 0.29) is 55.6 Å². The van der Waals surface area contributed by atoms with E-state index in [0.29, 0.717) is 16.1 Å². The minimum absolute atomic E-state index is 0.0216. The standard InChI is InChI=1S/C55H36N6O9/c1-54(2,58-46(63)37-23-19-33(27-41(37)48(58)65)17-15-31-11-7-5-8-12-31)57-61-51(68)40-26-22-36(30-44(40)53(61)70)45(62)35-21-25-38-43(29-35)49(66)59(47(38)64)55(3,4)56-60-50(67)39-24-20-34(28-42(39)52(60)69)18-16-32-13-9-6-10-14-32/h5-14,19-30,56-57H,1-4H3. The highest BCUT2D eigenvalue weighted by Crippen LogP contribution is 2.34. The third-order valence-corrected chi connectivity index (χ3v) is 12.2. The highest BCUT2D eigenvalue weighted by Gasteiger charge is 2.50. The maximum atomic E-state index is 14.0. The molecule has 8 amide bonds. The first-order valence-corrected chi connectivity index (χ1v) is 21.8. The Morgan fingerprint density at radius 2 is 0.657 bits per heavy atom. The molecule has 0 atom stereocenters. The Morgan fingerprint density at radius 1 is 0.357 bits per heavy atom. The maximum absolute atomic E-state index is 14.0. The normalized spacial score (nSPS) is 14.9. The van der Waals surface area contributed by atoms with Crippen molar-refractivity contribution in [3.05, 3.63) is 211 Å². The van der Waals surface area contributed by atoms with Crippen molar-refractivity contribution in [3.8, 4) is 23.7 Å². The molecule has 0 saturated carbocycles. The lowest BCUT2D eigenvalue weighted by Crippen LogP contribution is -2.63. The fourth-order valence-electron chi connectivity index (χ4n) is 8.77. The lowest BCUT2D eigenvalue weighted by Gasteiger charge is -2.37. The number of carbonyl (C=O) groups is 9. The molecule has 0 unspecified atom stereocenters. The van der Waals surface area contributed by atoms with Gasteiger partial charge >= 0.3 is 0 Å². The van der Waals surface area contributed by atoms with Gasteiger partial charge in [-0.25, -0.2) is 10.0 Å². The van der Waals surface area contributed by atoms with Gasteiger partial charge in [0.2, 0.25) is 0 Å². The molecule has 4 aliphatic rings. The van der Waals surface area contributed by atoms with Crippen LogP contribution >= 0.6 is 0 Å². The van der Waals surface area contributed by atoms with Crippen LogP contribution in [-0.2, 0) is 0 Å². The number of imide groups is 4. The molecule has 0 saturated heterocycles. The molecular formula is C55H36N6O9. The van der Waals surface area contributed by atoms with E-state index >= 15 is 0 Å². The van der Waals surface area contributed by atoms with Crippen LogP contribution in [-0.4, -0.2) is 84.2 Å². The van der Waals surface area contributed by atoms with Gasteiger partial charge in [-0.1, -0.05) is 72.2 Å². The number of amides is 8. The van der Waals surface area contributed by atoms with Crippen LogP contribution in [0.4, 0.5) is 0 Å². The topological polar surface area (TPSA) is 191 Å². The van der Waals surface area contributed by atoms with E-state index in [1.807, 2.05) is 60.7 Å². The van der Waals surface area contributed by atoms with E-state index in [0.717, 1.165) is 25.9 Å². The Labute approximate surface area is 399 Å². The Morgan fingerprint density at radius 3 is 1.07 bits per heavy atom. The molecule has 10 rings (SSSR count). The third-order valence-electron chi connectivity index (χ3n) is 12.2. The molecule has 70 heavy (non-hydrogen) atoms. The van der Waals surface area contributed by atoms with Crippen LogP contribution in [0.2, 0.25) is 0 Å². The predicted molar refractivity (Wildman–Crippen MR) is 250 cm³/mol. The quantitative estimate of drug-likeness (QED) is 0.104. The van der Waals surface area contributed by atoms with Gasteiger partial charge in [0.05, 0.1) is 44.5 Å². The van der Waals surface area contributed by atoms with E-state index in [2.05, 4.69) is 34.5 Å². The van der Waals surface area contributed by atoms with Crippen LogP contribution < -0.4 is 10.9 Å². The Balaban J connectivity index is 0.827. The second-order valence-corrected chi connectivity index (χ2v) is 17.7. The lowest BCUT2D eigenvalue weighted by atomic mass is 9.96. The zero-order valence-electron chi connectivity index (χ0n) is 37.7. The number of carbonyl (C=O) groups excluding carboxylic acids is 9. The summed E-state index contributed by atoms with van der Waals surface area (Å²) in [6.07, 6.45) is 0. The summed E-state index contributed by atoms with van der Waals surface area (Å²) in [5.74, 6) is 5.47. The van der Waals surface area contributed by atoms with Crippen molar-refractivity contribution in [1.29, 1.82) is 0 Å². The smallest absolute Gasteiger partial charge is 0.276 e. The second kappa shape index (κ2) is 16.4. The average molecular weight is 925 g/mol. The number of benzene rings is 6. The van der Waals surface area contributed by atoms with E-state index in [1.165, 1.54) is 88.4 Å². The fourth-order valence-corrected chi connectivity index (χ4v) is 8.77. The van der Waals surface area contributed by atoms with Gasteiger partial charge in [-0.2, -0.15) is 10.9 Å². The number of hydrazine groups is 2. The Bertz CT molecular complexity index is 3560. The molecule has 6 aromatic carbocycles. The number of nitrogens with one attached hydrogen (secondary N) is 2. The van der Waals surface area contributed by atoms with Crippen molar-refractivity contribution < 1.29 is 43.2 Å². The second-order valence-electron chi connectivity index (χ2n) is 17.7. The molecule has 0 radical (unpaired) electrons. The van der Waals surface area contributed by atoms with Crippen LogP contribution in [0.15, 0.2) is 133 Å². The molecule has 0 aliphatic carbocycles. The average Bonchev–Trinajstić information content (AvgIpc) is 3.95. The largest absolute Gasteiger partial charge is 0.289 e. The highest BCUT2D eigenvalue weighted by atomic mass is 16.2. The van der Waals surface area contributed by atoms with Crippen LogP contribution in [0.5, 0.6) is 0 Å². The van der Waals surface area contributed by atoms with Crippen molar-refractivity contribution in [2.45, 2.75) is 39.0 Å². The Kier molecular flexibility index (Phi) is 10.4. The molecule has 4 heterocycles. The van der Waals surface area contributed by atoms with E-state index in [9.17, 15) is 43.2 Å². The van der Waals surface area contributed by atoms with Crippen molar-refractivity contribution in [2.24, 2.45) is 0 Å². The molecule has 340 valence electrons. The summed E-state index contributed by atoms with van der Waals surface area (Å²) in [5, 5.41) is 1.43. The third kappa shape index (κ3) is 7.35. The molecule has 4 aliphatic heterocycles. The van der Waals surface area contributed by atoms with Gasteiger partial charge in [0.25, 0.3) is 47.3 Å². The highest BCUT2D eigenvalue weighted by molar-refractivity contribution is 6.26. The van der Waals surface area contributed by atoms with Crippen molar-refractivity contribution in [1.82, 2.24) is 30.7 Å². The summed E-state index contributed by atoms with van der Waals surface area (Å²) < 4.78 is 0. The van der Waals surface area contributed by atoms with Crippen molar-refractivity contribution in [3.63, 3.8) is 0 Å². The number of hydrogen-bond acceptors (Lipinski definition) is 11. The summed E-state index contributed by atoms with van der Waals surface area (Å²) in [7, 11) is 0. The van der Waals surface area contributed by atoms with Crippen LogP contribution in [0, 0.1) is 23.7 Å². The van der Waals surface area contributed by atoms with Gasteiger partial charge in [-0.3, -0.25) is 53.0 Å². The summed E-state index contributed by atoms with van der Waals surface area (Å²) in [4.78, 5) is 126. The number of fused-ring (bicyclic) bond motifs is 4. The van der Waals surface area contributed by atoms with Gasteiger partial charge in [0.1, 0.15) is 11.3 Å². The van der Waals surface area contributed by atoms with Gasteiger partial charge in [0.15, 0.2) is 5.78 Å². The predicted octanol–water partition coefficient (Wildman–Crippen LogP) is 5.98. The number of ketones is 1. The van der Waals surface area contributed by atoms with Gasteiger partial charge in [0, 0.05) is 33.4 Å². The molecule has 2 N–H and O–H groups in total. The SMILES string of the molecule is CC(C)(NN1C(=O)c2ccc(C(=O)c3ccc4c(c3)C(=O)N(C(C)(C)NN3C(=O)c5ccc(C#Cc6ccccc6)cc5C3=O)C4=O)cc2C1=O)N1C(=O)c2ccc(C#Cc3ccccc3)cc2C1=O. The minimum atomic E-state index is -1.65. The molecule has 15 nitrogen and oxygen atoms in total. The number of hydrogen-bond donors (Lipinski definition) is 2. The summed E-state index contributed by atoms with van der Waals surface area (Å²) in [6, 6.07) is 35.5. The van der Waals surface area contributed by atoms with Crippen molar-refractivity contribution in [2.75, 3.05) is 0 Å². The van der Waals surface area contributed by atoms with Gasteiger partial charge in [-0.05, 0) is 113 Å². The molecule has 6 aromatic rings. The number of rotatable bonds is 8. The summed E-state index contributed by atoms with van der Waals surface area (Å²) in [5.41, 5.74) is 4.83. The molecule has 0 aromatic heterocycles. The first kappa shape index (κ1) is 44.4. The summed E-state index contributed by atoms with van der Waals surface area (Å²) >= 11 is 0. The zero-order chi connectivity index (χ0) is 49.4. The van der Waals surface area contributed by atoms with E-state index < -0.39 is 64.4 Å². The maximum Gasteiger partial charge on any atom is 0.276 e. The molecular weight excluding hydrogens is 889 g/mol. The monoisotopic (exact) mass is 924 g/mol. The van der Waals surface area contributed by atoms with Crippen LogP contribution in [0.25, 0.3) is 0 Å². The Hall–Kier alpha value is -9.41. The summed E-state index contributed by atoms with van der Waals surface area (Å²) in [6.45, 7) is 5.82. The molecule has 15 heteroatoms. The molecule has 0 spiro atoms. The first-order valence-electron chi connectivity index (χ1n) is 21.8. The first-order chi connectivity index (χ1) is 33.4. The lowest BCUT2D eigenvalue weighted by molar-refractivity contribution is 0.0139. The van der Waals surface area contributed by atoms with Gasteiger partial charge < -0.3 is 0 Å². The van der Waals surface area contributed by atoms with E-state index in [1.54, 1.807) is 12.1 Å². The number of nitrogens with zero attached hydrogens (tertiary/aromatic N) is 4. The van der Waals surface area contributed by atoms with Gasteiger partial charge in [-0.15, -0.1) is 0 Å². The van der Waals surface area contributed by atoms with Crippen LogP contribution in [0.1, 0.15) is 149 Å². The van der Waals surface area contributed by atoms with Crippen molar-refractivity contribution >= 4 is 53.0 Å². The minimum Gasteiger partial charge on any atom is -0.289 e. The molecule has 0 bridgehead atoms.